The van der Waals surface area contributed by atoms with E-state index in [2.05, 4.69) is 11.2 Å². The van der Waals surface area contributed by atoms with Crippen LogP contribution in [-0.4, -0.2) is 16.0 Å². The molecule has 0 aliphatic rings. The molecule has 0 saturated heterocycles. The van der Waals surface area contributed by atoms with Crippen molar-refractivity contribution in [2.75, 3.05) is 0 Å². The normalized spacial score (nSPS) is 9.20. The molecule has 1 radical (unpaired) electrons. The fourth-order valence-electron chi connectivity index (χ4n) is 0.546. The molecule has 1 heterocycles. The Morgan fingerprint density at radius 2 is 2.50 bits per heavy atom. The largest absolute Gasteiger partial charge is 0.493 e. The van der Waals surface area contributed by atoms with E-state index in [1.54, 1.807) is 0 Å². The Morgan fingerprint density at radius 1 is 1.80 bits per heavy atom. The second-order valence-electron chi connectivity index (χ2n) is 1.68. The molecule has 1 aromatic heterocycles. The predicted octanol–water partition coefficient (Wildman–Crippen LogP) is -0.314. The fraction of sp³-hybridized carbons (Fsp3) is 0. The molecule has 1 rings (SSSR count). The lowest BCUT2D eigenvalue weighted by Crippen LogP contribution is -2.11. The third kappa shape index (κ3) is 1.05. The number of pyridine rings is 1. The number of nitrogens with zero attached hydrogens (tertiary/aromatic N) is 1. The highest BCUT2D eigenvalue weighted by Crippen LogP contribution is 2.09. The summed E-state index contributed by atoms with van der Waals surface area (Å²) in [6, 6.07) is 2.75. The smallest absolute Gasteiger partial charge is 0.254 e. The van der Waals surface area contributed by atoms with Gasteiger partial charge in [-0.05, 0) is 12.1 Å². The number of primary amides is 1. The Labute approximate surface area is 57.3 Å². The lowest BCUT2D eigenvalue weighted by molar-refractivity contribution is 0.0997. The number of carbonyl (C=O) groups excluding carboxylic acids is 1. The van der Waals surface area contributed by atoms with Crippen LogP contribution in [0.25, 0.3) is 0 Å². The van der Waals surface area contributed by atoms with E-state index in [-0.39, 0.29) is 11.4 Å². The fourth-order valence-corrected chi connectivity index (χ4v) is 0.546. The highest BCUT2D eigenvalue weighted by Gasteiger charge is 2.05. The zero-order valence-electron chi connectivity index (χ0n) is 5.03. The molecular weight excluding hydrogens is 132 g/mol. The Balaban J connectivity index is 3.15. The molecule has 1 aromatic rings. The Kier molecular flexibility index (Phi) is 1.53. The molecule has 0 fully saturated rings. The number of aromatic nitrogens is 1. The van der Waals surface area contributed by atoms with Gasteiger partial charge in [0.1, 0.15) is 5.56 Å². The van der Waals surface area contributed by atoms with E-state index in [4.69, 9.17) is 10.8 Å². The Bertz CT molecular complexity index is 260. The molecule has 1 amide bonds. The zero-order valence-corrected chi connectivity index (χ0v) is 5.03. The number of hydrogen-bond acceptors (Lipinski definition) is 3. The highest BCUT2D eigenvalue weighted by molar-refractivity contribution is 5.94. The van der Waals surface area contributed by atoms with Gasteiger partial charge in [-0.3, -0.25) is 4.79 Å². The minimum absolute atomic E-state index is 0.0127. The van der Waals surface area contributed by atoms with Crippen LogP contribution in [-0.2, 0) is 0 Å². The van der Waals surface area contributed by atoms with E-state index in [1.807, 2.05) is 0 Å². The van der Waals surface area contributed by atoms with Gasteiger partial charge in [0.05, 0.1) is 6.20 Å². The number of nitrogens with two attached hydrogens (primary N) is 1. The van der Waals surface area contributed by atoms with Gasteiger partial charge in [-0.1, -0.05) is 0 Å². The maximum absolute atomic E-state index is 10.4. The Morgan fingerprint density at radius 3 is 2.90 bits per heavy atom. The second-order valence-corrected chi connectivity index (χ2v) is 1.68. The van der Waals surface area contributed by atoms with Crippen molar-refractivity contribution in [2.45, 2.75) is 0 Å². The quantitative estimate of drug-likeness (QED) is 0.557. The monoisotopic (exact) mass is 137 g/mol. The third-order valence-electron chi connectivity index (χ3n) is 1.00. The maximum Gasteiger partial charge on any atom is 0.254 e. The van der Waals surface area contributed by atoms with E-state index in [0.29, 0.717) is 0 Å². The summed E-state index contributed by atoms with van der Waals surface area (Å²) in [5.41, 5.74) is 4.87. The van der Waals surface area contributed by atoms with Gasteiger partial charge in [0.2, 0.25) is 5.88 Å². The molecule has 0 atom stereocenters. The van der Waals surface area contributed by atoms with Gasteiger partial charge in [-0.25, -0.2) is 4.98 Å². The van der Waals surface area contributed by atoms with Crippen molar-refractivity contribution < 1.29 is 9.90 Å². The van der Waals surface area contributed by atoms with Crippen molar-refractivity contribution in [1.29, 1.82) is 0 Å². The summed E-state index contributed by atoms with van der Waals surface area (Å²) in [6.07, 6.45) is 2.35. The van der Waals surface area contributed by atoms with Crippen LogP contribution < -0.4 is 5.73 Å². The molecule has 0 aromatic carbocycles. The minimum Gasteiger partial charge on any atom is -0.493 e. The van der Waals surface area contributed by atoms with Crippen molar-refractivity contribution in [3.8, 4) is 5.88 Å². The van der Waals surface area contributed by atoms with Crippen LogP contribution in [0.2, 0.25) is 0 Å². The Hall–Kier alpha value is -1.58. The molecule has 0 spiro atoms. The van der Waals surface area contributed by atoms with Crippen LogP contribution in [0.1, 0.15) is 10.4 Å². The van der Waals surface area contributed by atoms with Gasteiger partial charge in [-0.15, -0.1) is 0 Å². The van der Waals surface area contributed by atoms with Crippen LogP contribution in [0.3, 0.4) is 0 Å². The molecule has 51 valence electrons. The molecule has 4 nitrogen and oxygen atoms in total. The van der Waals surface area contributed by atoms with E-state index in [9.17, 15) is 4.79 Å². The van der Waals surface area contributed by atoms with E-state index in [0.717, 1.165) is 0 Å². The first-order valence-electron chi connectivity index (χ1n) is 2.57. The molecule has 0 unspecified atom stereocenters. The van der Waals surface area contributed by atoms with Crippen molar-refractivity contribution in [2.24, 2.45) is 5.73 Å². The van der Waals surface area contributed by atoms with Gasteiger partial charge in [0, 0.05) is 0 Å². The van der Waals surface area contributed by atoms with Gasteiger partial charge < -0.3 is 10.8 Å². The summed E-state index contributed by atoms with van der Waals surface area (Å²) >= 11 is 0. The number of rotatable bonds is 1. The van der Waals surface area contributed by atoms with Gasteiger partial charge in [0.15, 0.2) is 0 Å². The van der Waals surface area contributed by atoms with Gasteiger partial charge in [-0.2, -0.15) is 0 Å². The van der Waals surface area contributed by atoms with Crippen LogP contribution in [0.5, 0.6) is 5.88 Å². The molecule has 4 heteroatoms. The topological polar surface area (TPSA) is 76.2 Å². The maximum atomic E-state index is 10.4. The SMILES string of the molecule is NC(=O)c1cc[c]nc1O. The van der Waals surface area contributed by atoms with E-state index >= 15 is 0 Å². The van der Waals surface area contributed by atoms with Crippen molar-refractivity contribution in [3.05, 3.63) is 23.9 Å². The first-order chi connectivity index (χ1) is 4.72. The van der Waals surface area contributed by atoms with E-state index < -0.39 is 5.91 Å². The number of amides is 1. The lowest BCUT2D eigenvalue weighted by atomic mass is 10.2. The molecule has 0 aliphatic carbocycles. The minimum atomic E-state index is -0.695. The molecule has 0 aliphatic heterocycles. The van der Waals surface area contributed by atoms with Crippen LogP contribution in [0.15, 0.2) is 12.1 Å². The molecule has 0 bridgehead atoms. The number of carbonyl (C=O) groups is 1. The summed E-state index contributed by atoms with van der Waals surface area (Å²) in [7, 11) is 0. The van der Waals surface area contributed by atoms with Crippen LogP contribution in [0.4, 0.5) is 0 Å². The molecule has 10 heavy (non-hydrogen) atoms. The summed E-state index contributed by atoms with van der Waals surface area (Å²) < 4.78 is 0. The van der Waals surface area contributed by atoms with Gasteiger partial charge in [0.25, 0.3) is 5.91 Å². The molecular formula is C6H5N2O2. The predicted molar refractivity (Wildman–Crippen MR) is 33.3 cm³/mol. The van der Waals surface area contributed by atoms with Crippen molar-refractivity contribution >= 4 is 5.91 Å². The average Bonchev–Trinajstić information content (AvgIpc) is 1.88. The summed E-state index contributed by atoms with van der Waals surface area (Å²) in [5.74, 6) is -1.07. The summed E-state index contributed by atoms with van der Waals surface area (Å²) in [5, 5.41) is 8.84. The standard InChI is InChI=1S/C6H5N2O2/c7-5(9)4-2-1-3-8-6(4)10/h1-2H,(H2,7,9)(H,8,10). The molecule has 3 N–H and O–H groups in total. The zero-order chi connectivity index (χ0) is 7.56. The average molecular weight is 137 g/mol. The number of hydrogen-bond donors (Lipinski definition) is 2. The summed E-state index contributed by atoms with van der Waals surface area (Å²) in [4.78, 5) is 13.8. The second kappa shape index (κ2) is 2.34. The third-order valence-corrected chi connectivity index (χ3v) is 1.00. The molecule has 0 saturated carbocycles. The highest BCUT2D eigenvalue weighted by atomic mass is 16.3. The van der Waals surface area contributed by atoms with Crippen molar-refractivity contribution in [1.82, 2.24) is 4.98 Å². The summed E-state index contributed by atoms with van der Waals surface area (Å²) in [6.45, 7) is 0. The van der Waals surface area contributed by atoms with Gasteiger partial charge >= 0.3 is 0 Å². The number of aromatic hydroxyl groups is 1. The van der Waals surface area contributed by atoms with Crippen molar-refractivity contribution in [3.63, 3.8) is 0 Å². The van der Waals surface area contributed by atoms with Crippen LogP contribution >= 0.6 is 0 Å². The first kappa shape index (κ1) is 6.54. The lowest BCUT2D eigenvalue weighted by Gasteiger charge is -1.94. The van der Waals surface area contributed by atoms with E-state index in [1.165, 1.54) is 12.1 Å². The van der Waals surface area contributed by atoms with Crippen LogP contribution in [0, 0.1) is 6.20 Å². The first-order valence-corrected chi connectivity index (χ1v) is 2.57.